The molecule has 31 heavy (non-hydrogen) atoms. The first kappa shape index (κ1) is 24.0. The molecular formula is C19H31BN4O6S. The number of carboxylic acids is 1. The van der Waals surface area contributed by atoms with Crippen LogP contribution in [0.1, 0.15) is 32.6 Å². The van der Waals surface area contributed by atoms with Gasteiger partial charge in [0.15, 0.2) is 0 Å². The maximum Gasteiger partial charge on any atom is 0.451 e. The molecule has 3 atom stereocenters. The van der Waals surface area contributed by atoms with Crippen molar-refractivity contribution < 1.29 is 28.4 Å². The Morgan fingerprint density at radius 1 is 1.29 bits per heavy atom. The third-order valence-electron chi connectivity index (χ3n) is 6.60. The van der Waals surface area contributed by atoms with Gasteiger partial charge in [0.05, 0.1) is 11.7 Å². The van der Waals surface area contributed by atoms with E-state index in [1.165, 1.54) is 4.31 Å². The van der Waals surface area contributed by atoms with Crippen molar-refractivity contribution in [1.29, 1.82) is 0 Å². The number of carboxylic acid groups (broad SMARTS) is 1. The predicted molar refractivity (Wildman–Crippen MR) is 117 cm³/mol. The summed E-state index contributed by atoms with van der Waals surface area (Å²) in [6.07, 6.45) is 2.04. The fourth-order valence-electron chi connectivity index (χ4n) is 4.26. The van der Waals surface area contributed by atoms with Gasteiger partial charge in [-0.15, -0.1) is 0 Å². The summed E-state index contributed by atoms with van der Waals surface area (Å²) in [6, 6.07) is 8.09. The topological polar surface area (TPSA) is 170 Å². The van der Waals surface area contributed by atoms with E-state index in [0.29, 0.717) is 24.9 Å². The fourth-order valence-corrected chi connectivity index (χ4v) is 6.25. The summed E-state index contributed by atoms with van der Waals surface area (Å²) in [7, 11) is -5.64. The monoisotopic (exact) mass is 454 g/mol. The lowest BCUT2D eigenvalue weighted by Gasteiger charge is -2.37. The summed E-state index contributed by atoms with van der Waals surface area (Å²) in [5.74, 6) is -1.95. The zero-order valence-corrected chi connectivity index (χ0v) is 18.4. The molecule has 0 aromatic heterocycles. The zero-order chi connectivity index (χ0) is 23.0. The average Bonchev–Trinajstić information content (AvgIpc) is 3.35. The van der Waals surface area contributed by atoms with Crippen LogP contribution >= 0.6 is 0 Å². The number of para-hydroxylation sites is 1. The largest absolute Gasteiger partial charge is 0.480 e. The van der Waals surface area contributed by atoms with Crippen LogP contribution in [0.5, 0.6) is 0 Å². The Balaban J connectivity index is 1.91. The summed E-state index contributed by atoms with van der Waals surface area (Å²) in [6.45, 7) is 1.32. The Hall–Kier alpha value is -1.70. The Morgan fingerprint density at radius 2 is 1.90 bits per heavy atom. The molecule has 0 amide bonds. The number of hydrogen-bond acceptors (Lipinski definition) is 7. The molecule has 0 radical (unpaired) electrons. The quantitative estimate of drug-likeness (QED) is 0.297. The van der Waals surface area contributed by atoms with Crippen molar-refractivity contribution in [2.24, 2.45) is 17.4 Å². The Morgan fingerprint density at radius 3 is 2.42 bits per heavy atom. The summed E-state index contributed by atoms with van der Waals surface area (Å²) in [4.78, 5) is 12.0. The number of hydrogen-bond donors (Lipinski definition) is 5. The van der Waals surface area contributed by atoms with Crippen LogP contribution in [0.4, 0.5) is 5.69 Å². The second-order valence-electron chi connectivity index (χ2n) is 8.79. The maximum atomic E-state index is 13.8. The van der Waals surface area contributed by atoms with Gasteiger partial charge in [-0.05, 0) is 44.6 Å². The smallest absolute Gasteiger partial charge is 0.451 e. The van der Waals surface area contributed by atoms with Crippen molar-refractivity contribution in [3.05, 3.63) is 30.3 Å². The summed E-state index contributed by atoms with van der Waals surface area (Å²) < 4.78 is 29.9. The van der Waals surface area contributed by atoms with Gasteiger partial charge < -0.3 is 26.6 Å². The highest BCUT2D eigenvalue weighted by molar-refractivity contribution is 7.90. The first-order valence-electron chi connectivity index (χ1n) is 10.4. The van der Waals surface area contributed by atoms with Gasteiger partial charge in [0.1, 0.15) is 5.54 Å². The molecule has 1 aromatic carbocycles. The molecule has 2 fully saturated rings. The van der Waals surface area contributed by atoms with E-state index in [1.807, 2.05) is 0 Å². The molecule has 1 unspecified atom stereocenters. The van der Waals surface area contributed by atoms with Crippen molar-refractivity contribution in [2.45, 2.75) is 56.0 Å². The number of benzene rings is 1. The van der Waals surface area contributed by atoms with Crippen molar-refractivity contribution in [3.8, 4) is 0 Å². The van der Waals surface area contributed by atoms with Gasteiger partial charge in [0, 0.05) is 24.5 Å². The molecule has 1 saturated carbocycles. The van der Waals surface area contributed by atoms with Crippen molar-refractivity contribution >= 4 is 29.0 Å². The summed E-state index contributed by atoms with van der Waals surface area (Å²) >= 11 is 0. The molecule has 172 valence electrons. The van der Waals surface area contributed by atoms with E-state index in [2.05, 4.69) is 0 Å². The molecule has 1 aliphatic carbocycles. The molecule has 3 rings (SSSR count). The molecule has 10 nitrogen and oxygen atoms in total. The van der Waals surface area contributed by atoms with Crippen LogP contribution in [0.3, 0.4) is 0 Å². The van der Waals surface area contributed by atoms with E-state index >= 15 is 0 Å². The number of anilines is 1. The van der Waals surface area contributed by atoms with Gasteiger partial charge in [0.2, 0.25) is 0 Å². The lowest BCUT2D eigenvalue weighted by molar-refractivity contribution is -0.144. The Kier molecular flexibility index (Phi) is 6.71. The van der Waals surface area contributed by atoms with Crippen molar-refractivity contribution in [3.63, 3.8) is 0 Å². The second-order valence-corrected chi connectivity index (χ2v) is 10.6. The third kappa shape index (κ3) is 4.74. The molecule has 1 aliphatic heterocycles. The fraction of sp³-hybridized carbons (Fsp3) is 0.632. The summed E-state index contributed by atoms with van der Waals surface area (Å²) in [5, 5.41) is 27.9. The molecule has 7 N–H and O–H groups in total. The molecular weight excluding hydrogens is 423 g/mol. The van der Waals surface area contributed by atoms with Gasteiger partial charge in [-0.25, -0.2) is 0 Å². The minimum Gasteiger partial charge on any atom is -0.480 e. The SMILES string of the molecule is CC(N(c1ccccc1)S(=O)(=O)N1C[C@H](CCCB(O)O)[C@](N)(C(=O)O)C1)C1(N)CC1. The van der Waals surface area contributed by atoms with Gasteiger partial charge in [0.25, 0.3) is 0 Å². The molecule has 2 aliphatic rings. The Labute approximate surface area is 183 Å². The number of rotatable bonds is 10. The molecule has 0 spiro atoms. The lowest BCUT2D eigenvalue weighted by atomic mass is 9.78. The predicted octanol–water partition coefficient (Wildman–Crippen LogP) is -0.415. The van der Waals surface area contributed by atoms with E-state index in [4.69, 9.17) is 21.5 Å². The minimum absolute atomic E-state index is 0.0574. The normalized spacial score (nSPS) is 26.4. The van der Waals surface area contributed by atoms with E-state index in [0.717, 1.165) is 4.31 Å². The Bertz CT molecular complexity index is 898. The van der Waals surface area contributed by atoms with Crippen LogP contribution in [0.25, 0.3) is 0 Å². The maximum absolute atomic E-state index is 13.8. The first-order chi connectivity index (χ1) is 14.4. The third-order valence-corrected chi connectivity index (χ3v) is 8.56. The zero-order valence-electron chi connectivity index (χ0n) is 17.6. The van der Waals surface area contributed by atoms with E-state index in [1.54, 1.807) is 37.3 Å². The van der Waals surface area contributed by atoms with E-state index in [-0.39, 0.29) is 25.8 Å². The molecule has 0 bridgehead atoms. The first-order valence-corrected chi connectivity index (χ1v) is 11.8. The molecule has 1 saturated heterocycles. The number of nitrogens with two attached hydrogens (primary N) is 2. The van der Waals surface area contributed by atoms with Crippen molar-refractivity contribution in [1.82, 2.24) is 4.31 Å². The molecule has 12 heteroatoms. The van der Waals surface area contributed by atoms with Crippen LogP contribution in [-0.2, 0) is 15.0 Å². The highest BCUT2D eigenvalue weighted by atomic mass is 32.2. The van der Waals surface area contributed by atoms with Gasteiger partial charge in [-0.1, -0.05) is 24.6 Å². The van der Waals surface area contributed by atoms with Crippen LogP contribution in [0.15, 0.2) is 30.3 Å². The van der Waals surface area contributed by atoms with Gasteiger partial charge in [-0.2, -0.15) is 12.7 Å². The standard InChI is InChI=1S/C19H31BN4O6S/c1-14(18(21)9-10-18)24(16-7-3-2-4-8-16)31(29,30)23-12-15(6-5-11-20(27)28)19(22,13-23)17(25)26/h2-4,7-8,14-15,27-28H,5-6,9-13,21-22H2,1H3,(H,25,26)/t14?,15-,19-/m0/s1. The second kappa shape index (κ2) is 8.68. The van der Waals surface area contributed by atoms with E-state index in [9.17, 15) is 18.3 Å². The van der Waals surface area contributed by atoms with Crippen LogP contribution in [0, 0.1) is 5.92 Å². The average molecular weight is 454 g/mol. The highest BCUT2D eigenvalue weighted by Gasteiger charge is 2.56. The number of nitrogens with zero attached hydrogens (tertiary/aromatic N) is 2. The van der Waals surface area contributed by atoms with Crippen LogP contribution < -0.4 is 15.8 Å². The molecule has 1 aromatic rings. The summed E-state index contributed by atoms with van der Waals surface area (Å²) in [5.41, 5.74) is 10.6. The van der Waals surface area contributed by atoms with Gasteiger partial charge >= 0.3 is 23.3 Å². The van der Waals surface area contributed by atoms with Crippen LogP contribution in [-0.4, -0.2) is 71.2 Å². The highest BCUT2D eigenvalue weighted by Crippen LogP contribution is 2.42. The lowest BCUT2D eigenvalue weighted by Crippen LogP contribution is -2.57. The number of aliphatic carboxylic acids is 1. The molecule has 1 heterocycles. The number of carbonyl (C=O) groups is 1. The van der Waals surface area contributed by atoms with E-state index < -0.39 is 46.3 Å². The van der Waals surface area contributed by atoms with Gasteiger partial charge in [-0.3, -0.25) is 9.10 Å². The van der Waals surface area contributed by atoms with Crippen LogP contribution in [0.2, 0.25) is 6.32 Å². The van der Waals surface area contributed by atoms with Crippen molar-refractivity contribution in [2.75, 3.05) is 17.4 Å². The minimum atomic E-state index is -4.13.